The highest BCUT2D eigenvalue weighted by Gasteiger charge is 2.25. The Morgan fingerprint density at radius 3 is 2.42 bits per heavy atom. The van der Waals surface area contributed by atoms with Crippen LogP contribution in [0.1, 0.15) is 5.56 Å². The van der Waals surface area contributed by atoms with Gasteiger partial charge in [-0.2, -0.15) is 0 Å². The van der Waals surface area contributed by atoms with E-state index in [0.717, 1.165) is 0 Å². The quantitative estimate of drug-likeness (QED) is 0.359. The Labute approximate surface area is 189 Å². The van der Waals surface area contributed by atoms with Crippen molar-refractivity contribution < 1.29 is 19.2 Å². The zero-order valence-electron chi connectivity index (χ0n) is 17.0. The van der Waals surface area contributed by atoms with E-state index in [1.807, 2.05) is 4.90 Å². The molecule has 0 bridgehead atoms. The second-order valence-corrected chi connectivity index (χ2v) is 7.61. The third kappa shape index (κ3) is 5.21. The molecular weight excluding hydrogens is 445 g/mol. The monoisotopic (exact) mass is 465 g/mol. The summed E-state index contributed by atoms with van der Waals surface area (Å²) in [5, 5.41) is 12.2. The number of nitro benzene ring substituents is 1. The number of anilines is 1. The predicted octanol–water partition coefficient (Wildman–Crippen LogP) is 4.28. The third-order valence-electron chi connectivity index (χ3n) is 4.96. The number of piperazine rings is 1. The van der Waals surface area contributed by atoms with Crippen LogP contribution in [0.2, 0.25) is 10.0 Å². The molecule has 0 radical (unpaired) electrons. The number of halogens is 2. The van der Waals surface area contributed by atoms with E-state index in [0.29, 0.717) is 59.0 Å². The van der Waals surface area contributed by atoms with Gasteiger partial charge in [-0.25, -0.2) is 0 Å². The molecule has 164 valence electrons. The number of rotatable bonds is 6. The first kappa shape index (κ1) is 22.7. The van der Waals surface area contributed by atoms with Gasteiger partial charge in [0.25, 0.3) is 5.69 Å². The number of nitro groups is 1. The van der Waals surface area contributed by atoms with Gasteiger partial charge < -0.3 is 19.3 Å². The number of benzene rings is 2. The van der Waals surface area contributed by atoms with Gasteiger partial charge in [0.1, 0.15) is 17.2 Å². The zero-order chi connectivity index (χ0) is 22.5. The van der Waals surface area contributed by atoms with E-state index in [1.54, 1.807) is 35.2 Å². The van der Waals surface area contributed by atoms with Crippen molar-refractivity contribution in [2.75, 3.05) is 45.3 Å². The molecule has 1 aliphatic rings. The first-order valence-electron chi connectivity index (χ1n) is 9.41. The Morgan fingerprint density at radius 2 is 1.81 bits per heavy atom. The molecular formula is C21H21Cl2N3O5. The minimum atomic E-state index is -0.429. The molecule has 0 atom stereocenters. The smallest absolute Gasteiger partial charge is 0.296 e. The Bertz CT molecular complexity index is 1020. The summed E-state index contributed by atoms with van der Waals surface area (Å²) in [6.07, 6.45) is 3.05. The molecule has 1 heterocycles. The molecule has 1 fully saturated rings. The van der Waals surface area contributed by atoms with Crippen molar-refractivity contribution in [1.82, 2.24) is 4.90 Å². The number of hydrogen-bond acceptors (Lipinski definition) is 6. The normalized spacial score (nSPS) is 14.1. The molecule has 2 aromatic carbocycles. The standard InChI is InChI=1S/C21H21Cl2N3O5/c1-30-16-4-5-18(19(13-16)26(28)29)24-7-9-25(10-8-24)20(27)6-3-14-11-15(22)12-17(23)21(14)31-2/h3-6,11-13H,7-10H2,1-2H3/b6-3+. The van der Waals surface area contributed by atoms with Crippen molar-refractivity contribution in [2.24, 2.45) is 0 Å². The molecule has 0 saturated carbocycles. The van der Waals surface area contributed by atoms with Crippen molar-refractivity contribution in [1.29, 1.82) is 0 Å². The molecule has 8 nitrogen and oxygen atoms in total. The summed E-state index contributed by atoms with van der Waals surface area (Å²) in [6, 6.07) is 7.99. The van der Waals surface area contributed by atoms with Crippen LogP contribution in [0.4, 0.5) is 11.4 Å². The molecule has 0 N–H and O–H groups in total. The Kier molecular flexibility index (Phi) is 7.25. The second-order valence-electron chi connectivity index (χ2n) is 6.77. The van der Waals surface area contributed by atoms with Gasteiger partial charge in [0.2, 0.25) is 5.91 Å². The van der Waals surface area contributed by atoms with E-state index in [9.17, 15) is 14.9 Å². The van der Waals surface area contributed by atoms with Gasteiger partial charge in [0, 0.05) is 42.8 Å². The number of hydrogen-bond donors (Lipinski definition) is 0. The maximum Gasteiger partial charge on any atom is 0.296 e. The Hall–Kier alpha value is -2.97. The average molecular weight is 466 g/mol. The largest absolute Gasteiger partial charge is 0.496 e. The van der Waals surface area contributed by atoms with E-state index in [2.05, 4.69) is 0 Å². The van der Waals surface area contributed by atoms with Gasteiger partial charge in [0.05, 0.1) is 30.2 Å². The highest BCUT2D eigenvalue weighted by atomic mass is 35.5. The zero-order valence-corrected chi connectivity index (χ0v) is 18.5. The van der Waals surface area contributed by atoms with Crippen LogP contribution in [0.25, 0.3) is 6.08 Å². The minimum Gasteiger partial charge on any atom is -0.496 e. The lowest BCUT2D eigenvalue weighted by Gasteiger charge is -2.35. The molecule has 2 aromatic rings. The highest BCUT2D eigenvalue weighted by molar-refractivity contribution is 6.36. The lowest BCUT2D eigenvalue weighted by Crippen LogP contribution is -2.48. The molecule has 1 amide bonds. The predicted molar refractivity (Wildman–Crippen MR) is 120 cm³/mol. The van der Waals surface area contributed by atoms with Crippen LogP contribution in [0.15, 0.2) is 36.4 Å². The fraction of sp³-hybridized carbons (Fsp3) is 0.286. The van der Waals surface area contributed by atoms with Crippen molar-refractivity contribution in [3.05, 3.63) is 62.1 Å². The lowest BCUT2D eigenvalue weighted by molar-refractivity contribution is -0.384. The minimum absolute atomic E-state index is 0.0241. The molecule has 0 unspecified atom stereocenters. The second kappa shape index (κ2) is 9.89. The topological polar surface area (TPSA) is 85.2 Å². The molecule has 0 aromatic heterocycles. The Balaban J connectivity index is 1.69. The maximum absolute atomic E-state index is 12.6. The van der Waals surface area contributed by atoms with Gasteiger partial charge in [-0.3, -0.25) is 14.9 Å². The van der Waals surface area contributed by atoms with Crippen molar-refractivity contribution in [3.8, 4) is 11.5 Å². The van der Waals surface area contributed by atoms with E-state index in [4.69, 9.17) is 32.7 Å². The van der Waals surface area contributed by atoms with E-state index in [1.165, 1.54) is 26.4 Å². The van der Waals surface area contributed by atoms with Crippen molar-refractivity contribution >= 4 is 46.6 Å². The summed E-state index contributed by atoms with van der Waals surface area (Å²) >= 11 is 12.2. The van der Waals surface area contributed by atoms with Crippen LogP contribution in [0.5, 0.6) is 11.5 Å². The van der Waals surface area contributed by atoms with Gasteiger partial charge >= 0.3 is 0 Å². The van der Waals surface area contributed by atoms with Gasteiger partial charge in [-0.05, 0) is 30.3 Å². The summed E-state index contributed by atoms with van der Waals surface area (Å²) < 4.78 is 10.4. The number of ether oxygens (including phenoxy) is 2. The number of amides is 1. The maximum atomic E-state index is 12.6. The van der Waals surface area contributed by atoms with E-state index < -0.39 is 4.92 Å². The van der Waals surface area contributed by atoms with Crippen molar-refractivity contribution in [3.63, 3.8) is 0 Å². The van der Waals surface area contributed by atoms with Crippen LogP contribution in [-0.2, 0) is 4.79 Å². The first-order valence-corrected chi connectivity index (χ1v) is 10.2. The first-order chi connectivity index (χ1) is 14.8. The number of methoxy groups -OCH3 is 2. The van der Waals surface area contributed by atoms with Crippen LogP contribution >= 0.6 is 23.2 Å². The van der Waals surface area contributed by atoms with Crippen LogP contribution in [0, 0.1) is 10.1 Å². The summed E-state index contributed by atoms with van der Waals surface area (Å²) in [6.45, 7) is 1.80. The van der Waals surface area contributed by atoms with Gasteiger partial charge in [-0.1, -0.05) is 23.2 Å². The molecule has 31 heavy (non-hydrogen) atoms. The fourth-order valence-electron chi connectivity index (χ4n) is 3.40. The molecule has 1 saturated heterocycles. The average Bonchev–Trinajstić information content (AvgIpc) is 2.76. The summed E-state index contributed by atoms with van der Waals surface area (Å²) in [5.41, 5.74) is 1.08. The number of carbonyl (C=O) groups excluding carboxylic acids is 1. The molecule has 10 heteroatoms. The molecule has 0 aliphatic carbocycles. The highest BCUT2D eigenvalue weighted by Crippen LogP contribution is 2.34. The summed E-state index contributed by atoms with van der Waals surface area (Å²) in [4.78, 5) is 27.2. The summed E-state index contributed by atoms with van der Waals surface area (Å²) in [7, 11) is 2.95. The van der Waals surface area contributed by atoms with Gasteiger partial charge in [-0.15, -0.1) is 0 Å². The van der Waals surface area contributed by atoms with Crippen LogP contribution in [-0.4, -0.2) is 56.1 Å². The molecule has 1 aliphatic heterocycles. The number of nitrogens with zero attached hydrogens (tertiary/aromatic N) is 3. The van der Waals surface area contributed by atoms with E-state index >= 15 is 0 Å². The Morgan fingerprint density at radius 1 is 1.10 bits per heavy atom. The van der Waals surface area contributed by atoms with Crippen molar-refractivity contribution in [2.45, 2.75) is 0 Å². The molecule has 3 rings (SSSR count). The number of carbonyl (C=O) groups is 1. The van der Waals surface area contributed by atoms with Crippen LogP contribution in [0.3, 0.4) is 0 Å². The SMILES string of the molecule is COc1ccc(N2CCN(C(=O)/C=C/c3cc(Cl)cc(Cl)c3OC)CC2)c([N+](=O)[O-])c1. The fourth-order valence-corrected chi connectivity index (χ4v) is 3.98. The molecule has 0 spiro atoms. The van der Waals surface area contributed by atoms with Crippen LogP contribution < -0.4 is 14.4 Å². The van der Waals surface area contributed by atoms with Gasteiger partial charge in [0.15, 0.2) is 0 Å². The lowest BCUT2D eigenvalue weighted by atomic mass is 10.1. The summed E-state index contributed by atoms with van der Waals surface area (Å²) in [5.74, 6) is 0.680. The third-order valence-corrected chi connectivity index (χ3v) is 5.46. The van der Waals surface area contributed by atoms with E-state index in [-0.39, 0.29) is 11.6 Å².